The van der Waals surface area contributed by atoms with Crippen molar-refractivity contribution in [1.82, 2.24) is 0 Å². The molecule has 0 aromatic heterocycles. The first-order valence-electron chi connectivity index (χ1n) is 7.05. The number of halogens is 1. The molecule has 0 saturated carbocycles. The Hall–Kier alpha value is -2.53. The highest BCUT2D eigenvalue weighted by molar-refractivity contribution is 6.30. The Morgan fingerprint density at radius 2 is 1.70 bits per heavy atom. The second-order valence-corrected chi connectivity index (χ2v) is 5.60. The number of rotatable bonds is 3. The number of aryl methyl sites for hydroxylation is 1. The van der Waals surface area contributed by atoms with Crippen LogP contribution in [-0.2, 0) is 4.79 Å². The molecule has 0 atom stereocenters. The lowest BCUT2D eigenvalue weighted by molar-refractivity contribution is -0.116. The predicted molar refractivity (Wildman–Crippen MR) is 94.4 cm³/mol. The van der Waals surface area contributed by atoms with Gasteiger partial charge in [-0.05, 0) is 55.0 Å². The number of urea groups is 1. The molecule has 0 bridgehead atoms. The topological polar surface area (TPSA) is 61.4 Å². The highest BCUT2D eigenvalue weighted by atomic mass is 35.5. The van der Waals surface area contributed by atoms with E-state index >= 15 is 0 Å². The molecule has 0 aliphatic heterocycles. The zero-order valence-corrected chi connectivity index (χ0v) is 13.9. The van der Waals surface area contributed by atoms with Gasteiger partial charge in [-0.15, -0.1) is 0 Å². The molecule has 2 N–H and O–H groups in total. The first-order chi connectivity index (χ1) is 10.9. The van der Waals surface area contributed by atoms with E-state index in [1.165, 1.54) is 11.8 Å². The molecule has 0 radical (unpaired) electrons. The summed E-state index contributed by atoms with van der Waals surface area (Å²) in [5.74, 6) is -0.0540. The molecule has 23 heavy (non-hydrogen) atoms. The lowest BCUT2D eigenvalue weighted by Crippen LogP contribution is -2.23. The van der Waals surface area contributed by atoms with Crippen LogP contribution in [-0.4, -0.2) is 19.0 Å². The fraction of sp³-hybridized carbons (Fsp3) is 0.176. The third-order valence-electron chi connectivity index (χ3n) is 3.42. The van der Waals surface area contributed by atoms with Crippen molar-refractivity contribution < 1.29 is 9.59 Å². The highest BCUT2D eigenvalue weighted by Gasteiger charge is 2.07. The molecule has 3 amide bonds. The number of amides is 3. The van der Waals surface area contributed by atoms with Crippen molar-refractivity contribution in [2.75, 3.05) is 22.6 Å². The van der Waals surface area contributed by atoms with E-state index in [4.69, 9.17) is 11.6 Å². The molecule has 6 heteroatoms. The van der Waals surface area contributed by atoms with Gasteiger partial charge in [-0.25, -0.2) is 4.79 Å². The van der Waals surface area contributed by atoms with Gasteiger partial charge in [0.25, 0.3) is 0 Å². The Morgan fingerprint density at radius 1 is 1.04 bits per heavy atom. The van der Waals surface area contributed by atoms with Gasteiger partial charge < -0.3 is 15.5 Å². The molecular formula is C17H18ClN3O2. The molecule has 0 unspecified atom stereocenters. The summed E-state index contributed by atoms with van der Waals surface area (Å²) < 4.78 is 0. The summed E-state index contributed by atoms with van der Waals surface area (Å²) in [6.07, 6.45) is 0. The van der Waals surface area contributed by atoms with Crippen LogP contribution in [0.1, 0.15) is 12.5 Å². The average molecular weight is 332 g/mol. The Bertz CT molecular complexity index is 729. The van der Waals surface area contributed by atoms with E-state index in [1.54, 1.807) is 49.5 Å². The largest absolute Gasteiger partial charge is 0.323 e. The molecule has 2 aromatic carbocycles. The lowest BCUT2D eigenvalue weighted by atomic mass is 10.2. The Morgan fingerprint density at radius 3 is 2.26 bits per heavy atom. The van der Waals surface area contributed by atoms with E-state index in [-0.39, 0.29) is 11.9 Å². The number of benzene rings is 2. The van der Waals surface area contributed by atoms with Gasteiger partial charge in [0.05, 0.1) is 0 Å². The standard InChI is InChI=1S/C17H18ClN3O2/c1-11-10-13(18)4-9-16(11)20-17(23)19-14-5-7-15(8-6-14)21(3)12(2)22/h4-10H,1-3H3,(H2,19,20,23). The second kappa shape index (κ2) is 7.15. The number of carbonyl (C=O) groups is 2. The summed E-state index contributed by atoms with van der Waals surface area (Å²) >= 11 is 5.89. The first kappa shape index (κ1) is 16.8. The summed E-state index contributed by atoms with van der Waals surface area (Å²) in [7, 11) is 1.70. The average Bonchev–Trinajstić information content (AvgIpc) is 2.50. The molecule has 0 aliphatic rings. The minimum atomic E-state index is -0.344. The number of carbonyl (C=O) groups excluding carboxylic acids is 2. The summed E-state index contributed by atoms with van der Waals surface area (Å²) in [5.41, 5.74) is 2.97. The fourth-order valence-corrected chi connectivity index (χ4v) is 2.23. The van der Waals surface area contributed by atoms with E-state index in [2.05, 4.69) is 10.6 Å². The van der Waals surface area contributed by atoms with Crippen molar-refractivity contribution >= 4 is 40.6 Å². The zero-order chi connectivity index (χ0) is 17.0. The smallest absolute Gasteiger partial charge is 0.316 e. The third-order valence-corrected chi connectivity index (χ3v) is 3.66. The van der Waals surface area contributed by atoms with E-state index < -0.39 is 0 Å². The first-order valence-corrected chi connectivity index (χ1v) is 7.43. The monoisotopic (exact) mass is 331 g/mol. The number of hydrogen-bond donors (Lipinski definition) is 2. The maximum absolute atomic E-state index is 12.0. The Balaban J connectivity index is 2.01. The van der Waals surface area contributed by atoms with Crippen molar-refractivity contribution in [2.45, 2.75) is 13.8 Å². The summed E-state index contributed by atoms with van der Waals surface area (Å²) in [5, 5.41) is 6.13. The van der Waals surface area contributed by atoms with Crippen LogP contribution in [0.4, 0.5) is 21.9 Å². The van der Waals surface area contributed by atoms with E-state index in [1.807, 2.05) is 6.92 Å². The van der Waals surface area contributed by atoms with Gasteiger partial charge >= 0.3 is 6.03 Å². The molecule has 0 aliphatic carbocycles. The van der Waals surface area contributed by atoms with Crippen molar-refractivity contribution in [2.24, 2.45) is 0 Å². The van der Waals surface area contributed by atoms with Crippen LogP contribution >= 0.6 is 11.6 Å². The quantitative estimate of drug-likeness (QED) is 0.882. The maximum Gasteiger partial charge on any atom is 0.323 e. The van der Waals surface area contributed by atoms with Gasteiger partial charge in [-0.3, -0.25) is 4.79 Å². The van der Waals surface area contributed by atoms with Gasteiger partial charge in [0, 0.05) is 36.1 Å². The van der Waals surface area contributed by atoms with Crippen LogP contribution in [0.5, 0.6) is 0 Å². The minimum absolute atomic E-state index is 0.0540. The molecule has 2 rings (SSSR count). The van der Waals surface area contributed by atoms with Crippen LogP contribution in [0, 0.1) is 6.92 Å². The summed E-state index contributed by atoms with van der Waals surface area (Å²) in [6.45, 7) is 3.36. The van der Waals surface area contributed by atoms with Crippen LogP contribution in [0.2, 0.25) is 5.02 Å². The van der Waals surface area contributed by atoms with Crippen molar-refractivity contribution in [3.8, 4) is 0 Å². The Labute approximate surface area is 140 Å². The fourth-order valence-electron chi connectivity index (χ4n) is 2.00. The third kappa shape index (κ3) is 4.47. The number of nitrogens with one attached hydrogen (secondary N) is 2. The number of anilines is 3. The van der Waals surface area contributed by atoms with E-state index in [9.17, 15) is 9.59 Å². The van der Waals surface area contributed by atoms with Crippen LogP contribution in [0.15, 0.2) is 42.5 Å². The molecule has 5 nitrogen and oxygen atoms in total. The molecule has 120 valence electrons. The van der Waals surface area contributed by atoms with Crippen LogP contribution in [0.25, 0.3) is 0 Å². The normalized spacial score (nSPS) is 10.1. The van der Waals surface area contributed by atoms with Gasteiger partial charge in [0.15, 0.2) is 0 Å². The van der Waals surface area contributed by atoms with Crippen molar-refractivity contribution in [3.05, 3.63) is 53.1 Å². The number of nitrogens with zero attached hydrogens (tertiary/aromatic N) is 1. The van der Waals surface area contributed by atoms with Crippen LogP contribution < -0.4 is 15.5 Å². The molecule has 0 heterocycles. The van der Waals surface area contributed by atoms with Crippen molar-refractivity contribution in [3.63, 3.8) is 0 Å². The Kier molecular flexibility index (Phi) is 5.24. The lowest BCUT2D eigenvalue weighted by Gasteiger charge is -2.15. The second-order valence-electron chi connectivity index (χ2n) is 5.16. The van der Waals surface area contributed by atoms with Gasteiger partial charge in [-0.2, -0.15) is 0 Å². The SMILES string of the molecule is CC(=O)N(C)c1ccc(NC(=O)Nc2ccc(Cl)cc2C)cc1. The predicted octanol–water partition coefficient (Wildman–Crippen LogP) is 4.28. The highest BCUT2D eigenvalue weighted by Crippen LogP contribution is 2.20. The van der Waals surface area contributed by atoms with Crippen LogP contribution in [0.3, 0.4) is 0 Å². The summed E-state index contributed by atoms with van der Waals surface area (Å²) in [4.78, 5) is 24.9. The minimum Gasteiger partial charge on any atom is -0.316 e. The summed E-state index contributed by atoms with van der Waals surface area (Å²) in [6, 6.07) is 11.9. The van der Waals surface area contributed by atoms with Gasteiger partial charge in [0.1, 0.15) is 0 Å². The molecule has 0 saturated heterocycles. The van der Waals surface area contributed by atoms with E-state index in [0.29, 0.717) is 16.4 Å². The van der Waals surface area contributed by atoms with Gasteiger partial charge in [-0.1, -0.05) is 11.6 Å². The van der Waals surface area contributed by atoms with Crippen molar-refractivity contribution in [1.29, 1.82) is 0 Å². The zero-order valence-electron chi connectivity index (χ0n) is 13.2. The molecule has 0 spiro atoms. The molecule has 0 fully saturated rings. The molecular weight excluding hydrogens is 314 g/mol. The van der Waals surface area contributed by atoms with E-state index in [0.717, 1.165) is 11.3 Å². The maximum atomic E-state index is 12.0. The molecule has 2 aromatic rings. The number of hydrogen-bond acceptors (Lipinski definition) is 2. The van der Waals surface area contributed by atoms with Gasteiger partial charge in [0.2, 0.25) is 5.91 Å².